The van der Waals surface area contributed by atoms with Crippen LogP contribution in [-0.2, 0) is 11.3 Å². The summed E-state index contributed by atoms with van der Waals surface area (Å²) in [6.45, 7) is 2.58. The molecule has 29 heavy (non-hydrogen) atoms. The molecule has 6 heteroatoms. The van der Waals surface area contributed by atoms with Crippen LogP contribution in [0.5, 0.6) is 5.75 Å². The lowest BCUT2D eigenvalue weighted by molar-refractivity contribution is 0.00626. The van der Waals surface area contributed by atoms with E-state index in [0.717, 1.165) is 16.9 Å². The average Bonchev–Trinajstić information content (AvgIpc) is 3.23. The van der Waals surface area contributed by atoms with E-state index in [9.17, 15) is 9.18 Å². The summed E-state index contributed by atoms with van der Waals surface area (Å²) in [5.74, 6) is 0.316. The summed E-state index contributed by atoms with van der Waals surface area (Å²) >= 11 is 1.40. The van der Waals surface area contributed by atoms with Gasteiger partial charge < -0.3 is 14.8 Å². The number of fused-ring (bicyclic) bond motifs is 1. The number of hydrogen-bond acceptors (Lipinski definition) is 4. The molecule has 4 rings (SSSR count). The van der Waals surface area contributed by atoms with E-state index in [1.54, 1.807) is 12.1 Å². The van der Waals surface area contributed by atoms with Crippen LogP contribution in [0.1, 0.15) is 27.7 Å². The van der Waals surface area contributed by atoms with E-state index >= 15 is 0 Å². The van der Waals surface area contributed by atoms with E-state index in [0.29, 0.717) is 23.8 Å². The van der Waals surface area contributed by atoms with Gasteiger partial charge >= 0.3 is 0 Å². The Morgan fingerprint density at radius 2 is 2.10 bits per heavy atom. The zero-order chi connectivity index (χ0) is 20.3. The Hall–Kier alpha value is -2.96. The lowest BCUT2D eigenvalue weighted by Crippen LogP contribution is -2.37. The van der Waals surface area contributed by atoms with Gasteiger partial charge in [-0.15, -0.1) is 11.3 Å². The Morgan fingerprint density at radius 3 is 2.90 bits per heavy atom. The minimum atomic E-state index is -0.623. The Morgan fingerprint density at radius 1 is 1.21 bits per heavy atom. The van der Waals surface area contributed by atoms with Crippen LogP contribution in [0.3, 0.4) is 0 Å². The van der Waals surface area contributed by atoms with Crippen molar-refractivity contribution in [1.82, 2.24) is 0 Å². The second-order valence-electron chi connectivity index (χ2n) is 7.05. The summed E-state index contributed by atoms with van der Waals surface area (Å²) in [7, 11) is 0. The van der Waals surface area contributed by atoms with E-state index in [2.05, 4.69) is 5.32 Å². The van der Waals surface area contributed by atoms with Gasteiger partial charge in [0.15, 0.2) is 0 Å². The first-order valence-corrected chi connectivity index (χ1v) is 10.1. The van der Waals surface area contributed by atoms with Crippen molar-refractivity contribution in [2.75, 3.05) is 11.9 Å². The van der Waals surface area contributed by atoms with Gasteiger partial charge in [0.25, 0.3) is 5.91 Å². The third kappa shape index (κ3) is 4.72. The standard InChI is InChI=1S/C23H20FNO3S/c1-23(15-27-14-16-4-2-5-18(24)12-16)10-9-17-13-19(7-8-20(17)28-23)25-22(26)21-6-3-11-29-21/h2-13H,14-15H2,1H3,(H,25,26). The van der Waals surface area contributed by atoms with E-state index in [-0.39, 0.29) is 11.7 Å². The molecule has 3 aromatic rings. The fourth-order valence-corrected chi connectivity index (χ4v) is 3.70. The molecule has 0 radical (unpaired) electrons. The number of halogens is 1. The van der Waals surface area contributed by atoms with Crippen LogP contribution in [0.2, 0.25) is 0 Å². The van der Waals surface area contributed by atoms with Crippen LogP contribution >= 0.6 is 11.3 Å². The number of rotatable bonds is 6. The molecule has 2 heterocycles. The number of thiophene rings is 1. The van der Waals surface area contributed by atoms with Gasteiger partial charge in [0.05, 0.1) is 18.1 Å². The van der Waals surface area contributed by atoms with Crippen molar-refractivity contribution in [3.63, 3.8) is 0 Å². The Labute approximate surface area is 172 Å². The fourth-order valence-electron chi connectivity index (χ4n) is 3.08. The summed E-state index contributed by atoms with van der Waals surface area (Å²) in [4.78, 5) is 12.9. The molecular weight excluding hydrogens is 389 g/mol. The summed E-state index contributed by atoms with van der Waals surface area (Å²) in [6.07, 6.45) is 3.90. The number of benzene rings is 2. The van der Waals surface area contributed by atoms with Crippen molar-refractivity contribution in [2.24, 2.45) is 0 Å². The molecule has 1 aromatic heterocycles. The molecule has 1 aliphatic heterocycles. The van der Waals surface area contributed by atoms with Crippen molar-refractivity contribution >= 4 is 29.0 Å². The van der Waals surface area contributed by atoms with Gasteiger partial charge in [-0.3, -0.25) is 4.79 Å². The molecule has 1 aliphatic rings. The van der Waals surface area contributed by atoms with Gasteiger partial charge in [-0.25, -0.2) is 4.39 Å². The molecule has 0 bridgehead atoms. The largest absolute Gasteiger partial charge is 0.480 e. The summed E-state index contributed by atoms with van der Waals surface area (Å²) in [5, 5.41) is 4.77. The quantitative estimate of drug-likeness (QED) is 0.583. The number of carbonyl (C=O) groups is 1. The molecule has 0 spiro atoms. The van der Waals surface area contributed by atoms with Gasteiger partial charge in [0.1, 0.15) is 17.2 Å². The zero-order valence-electron chi connectivity index (χ0n) is 15.9. The first kappa shape index (κ1) is 19.4. The zero-order valence-corrected chi connectivity index (χ0v) is 16.7. The van der Waals surface area contributed by atoms with Crippen LogP contribution in [0, 0.1) is 5.82 Å². The van der Waals surface area contributed by atoms with Crippen molar-refractivity contribution in [2.45, 2.75) is 19.1 Å². The van der Waals surface area contributed by atoms with E-state index < -0.39 is 5.60 Å². The number of amides is 1. The highest BCUT2D eigenvalue weighted by molar-refractivity contribution is 7.12. The molecule has 4 nitrogen and oxygen atoms in total. The molecule has 0 saturated heterocycles. The highest BCUT2D eigenvalue weighted by atomic mass is 32.1. The number of nitrogens with one attached hydrogen (secondary N) is 1. The smallest absolute Gasteiger partial charge is 0.265 e. The molecule has 0 aliphatic carbocycles. The summed E-state index contributed by atoms with van der Waals surface area (Å²) in [5.41, 5.74) is 1.75. The first-order valence-electron chi connectivity index (χ1n) is 9.20. The van der Waals surface area contributed by atoms with Crippen molar-refractivity contribution in [3.8, 4) is 5.75 Å². The Bertz CT molecular complexity index is 1050. The predicted octanol–water partition coefficient (Wildman–Crippen LogP) is 5.52. The Kier molecular flexibility index (Phi) is 5.47. The summed E-state index contributed by atoms with van der Waals surface area (Å²) in [6, 6.07) is 15.5. The third-order valence-corrected chi connectivity index (χ3v) is 5.39. The summed E-state index contributed by atoms with van der Waals surface area (Å²) < 4.78 is 25.1. The van der Waals surface area contributed by atoms with Crippen LogP contribution < -0.4 is 10.1 Å². The first-order chi connectivity index (χ1) is 14.0. The second-order valence-corrected chi connectivity index (χ2v) is 8.00. The molecule has 1 N–H and O–H groups in total. The van der Waals surface area contributed by atoms with E-state index in [1.165, 1.54) is 23.5 Å². The molecule has 1 atom stereocenters. The number of carbonyl (C=O) groups excluding carboxylic acids is 1. The van der Waals surface area contributed by atoms with Crippen molar-refractivity contribution < 1.29 is 18.7 Å². The van der Waals surface area contributed by atoms with Crippen LogP contribution in [-0.4, -0.2) is 18.1 Å². The number of ether oxygens (including phenoxy) is 2. The van der Waals surface area contributed by atoms with Crippen molar-refractivity contribution in [1.29, 1.82) is 0 Å². The van der Waals surface area contributed by atoms with Gasteiger partial charge in [-0.2, -0.15) is 0 Å². The van der Waals surface area contributed by atoms with Crippen LogP contribution in [0.15, 0.2) is 66.1 Å². The van der Waals surface area contributed by atoms with Gasteiger partial charge in [0, 0.05) is 11.3 Å². The second kappa shape index (κ2) is 8.19. The maximum Gasteiger partial charge on any atom is 0.265 e. The number of hydrogen-bond donors (Lipinski definition) is 1. The average molecular weight is 409 g/mol. The topological polar surface area (TPSA) is 47.6 Å². The lowest BCUT2D eigenvalue weighted by atomic mass is 10.0. The number of anilines is 1. The van der Waals surface area contributed by atoms with E-state index in [1.807, 2.05) is 54.8 Å². The van der Waals surface area contributed by atoms with Crippen molar-refractivity contribution in [3.05, 3.63) is 87.9 Å². The maximum atomic E-state index is 13.3. The Balaban J connectivity index is 1.38. The SMILES string of the molecule is CC1(COCc2cccc(F)c2)C=Cc2cc(NC(=O)c3cccs3)ccc2O1. The minimum Gasteiger partial charge on any atom is -0.480 e. The van der Waals surface area contributed by atoms with Gasteiger partial charge in [-0.05, 0) is 60.3 Å². The molecule has 2 aromatic carbocycles. The maximum absolute atomic E-state index is 13.3. The molecule has 1 unspecified atom stereocenters. The van der Waals surface area contributed by atoms with E-state index in [4.69, 9.17) is 9.47 Å². The highest BCUT2D eigenvalue weighted by Gasteiger charge is 2.28. The molecule has 0 saturated carbocycles. The molecular formula is C23H20FNO3S. The molecule has 148 valence electrons. The molecule has 0 fully saturated rings. The fraction of sp³-hybridized carbons (Fsp3) is 0.174. The predicted molar refractivity (Wildman–Crippen MR) is 113 cm³/mol. The van der Waals surface area contributed by atoms with Gasteiger partial charge in [-0.1, -0.05) is 24.3 Å². The van der Waals surface area contributed by atoms with Gasteiger partial charge in [0.2, 0.25) is 0 Å². The van der Waals surface area contributed by atoms with Crippen LogP contribution in [0.4, 0.5) is 10.1 Å². The minimum absolute atomic E-state index is 0.128. The highest BCUT2D eigenvalue weighted by Crippen LogP contribution is 2.33. The third-order valence-electron chi connectivity index (χ3n) is 4.52. The monoisotopic (exact) mass is 409 g/mol. The molecule has 1 amide bonds. The normalized spacial score (nSPS) is 17.4. The van der Waals surface area contributed by atoms with Crippen LogP contribution in [0.25, 0.3) is 6.08 Å². The lowest BCUT2D eigenvalue weighted by Gasteiger charge is -2.31.